The van der Waals surface area contributed by atoms with E-state index in [1.165, 1.54) is 41.3 Å². The fourth-order valence-corrected chi connectivity index (χ4v) is 5.11. The van der Waals surface area contributed by atoms with E-state index in [9.17, 15) is 27.2 Å². The smallest absolute Gasteiger partial charge is 0.371 e. The zero-order chi connectivity index (χ0) is 25.4. The molecule has 35 heavy (non-hydrogen) atoms. The van der Waals surface area contributed by atoms with Crippen LogP contribution in [-0.4, -0.2) is 42.4 Å². The second kappa shape index (κ2) is 9.21. The summed E-state index contributed by atoms with van der Waals surface area (Å²) in [5.41, 5.74) is 4.84. The van der Waals surface area contributed by atoms with Gasteiger partial charge in [0.05, 0.1) is 23.6 Å². The van der Waals surface area contributed by atoms with Gasteiger partial charge in [0, 0.05) is 25.3 Å². The highest BCUT2D eigenvalue weighted by atomic mass is 19.4. The van der Waals surface area contributed by atoms with E-state index in [1.54, 1.807) is 6.07 Å². The van der Waals surface area contributed by atoms with Crippen molar-refractivity contribution in [3.05, 3.63) is 65.0 Å². The van der Waals surface area contributed by atoms with Crippen LogP contribution in [0.25, 0.3) is 0 Å². The summed E-state index contributed by atoms with van der Waals surface area (Å²) in [5.74, 6) is -1.28. The van der Waals surface area contributed by atoms with E-state index in [-0.39, 0.29) is 17.7 Å². The molecule has 0 saturated carbocycles. The van der Waals surface area contributed by atoms with E-state index >= 15 is 0 Å². The van der Waals surface area contributed by atoms with E-state index in [0.29, 0.717) is 50.1 Å². The Morgan fingerprint density at radius 1 is 1.11 bits per heavy atom. The second-order valence-corrected chi connectivity index (χ2v) is 9.27. The predicted octanol–water partition coefficient (Wildman–Crippen LogP) is 3.63. The highest BCUT2D eigenvalue weighted by molar-refractivity contribution is 5.88. The van der Waals surface area contributed by atoms with Crippen LogP contribution in [0.2, 0.25) is 0 Å². The number of rotatable bonds is 4. The number of hydrogen-bond acceptors (Lipinski definition) is 4. The number of amides is 2. The number of benzene rings is 2. The Hall–Kier alpha value is -3.61. The number of alkyl halides is 3. The lowest BCUT2D eigenvalue weighted by molar-refractivity contribution is -0.137. The standard InChI is InChI=1S/C25H24F4N4O2/c26-18-4-1-16(2-5-18)11-22(34)33-15-24(13-21(33)23(31)35)7-9-32(10-8-24)19-6-3-17(14-30)20(12-19)25(27,28)29/h1-6,12,21H,7-11,13,15H2,(H2,31,35). The van der Waals surface area contributed by atoms with Crippen LogP contribution in [-0.2, 0) is 22.2 Å². The van der Waals surface area contributed by atoms with E-state index in [2.05, 4.69) is 0 Å². The van der Waals surface area contributed by atoms with Crippen LogP contribution < -0.4 is 10.6 Å². The number of nitrogens with two attached hydrogens (primary N) is 1. The molecule has 0 aliphatic carbocycles. The van der Waals surface area contributed by atoms with Gasteiger partial charge >= 0.3 is 6.18 Å². The Balaban J connectivity index is 1.47. The Bertz CT molecular complexity index is 1170. The maximum Gasteiger partial charge on any atom is 0.417 e. The number of hydrogen-bond donors (Lipinski definition) is 1. The molecule has 10 heteroatoms. The number of halogens is 4. The molecule has 2 saturated heterocycles. The summed E-state index contributed by atoms with van der Waals surface area (Å²) in [6.07, 6.45) is -3.09. The van der Waals surface area contributed by atoms with Crippen molar-refractivity contribution in [1.82, 2.24) is 4.90 Å². The lowest BCUT2D eigenvalue weighted by Crippen LogP contribution is -2.45. The molecule has 2 aromatic rings. The van der Waals surface area contributed by atoms with Crippen molar-refractivity contribution in [3.8, 4) is 6.07 Å². The van der Waals surface area contributed by atoms with Crippen molar-refractivity contribution in [3.63, 3.8) is 0 Å². The Labute approximate surface area is 199 Å². The van der Waals surface area contributed by atoms with Gasteiger partial charge in [-0.05, 0) is 60.6 Å². The molecule has 6 nitrogen and oxygen atoms in total. The van der Waals surface area contributed by atoms with Crippen molar-refractivity contribution < 1.29 is 27.2 Å². The number of likely N-dealkylation sites (tertiary alicyclic amines) is 1. The number of primary amides is 1. The zero-order valence-corrected chi connectivity index (χ0v) is 18.8. The topological polar surface area (TPSA) is 90.4 Å². The maximum absolute atomic E-state index is 13.4. The van der Waals surface area contributed by atoms with Crippen LogP contribution in [0, 0.1) is 22.6 Å². The summed E-state index contributed by atoms with van der Waals surface area (Å²) in [6, 6.07) is 10.1. The lowest BCUT2D eigenvalue weighted by atomic mass is 9.76. The molecule has 2 aliphatic rings. The second-order valence-electron chi connectivity index (χ2n) is 9.27. The molecule has 2 amide bonds. The molecule has 1 spiro atoms. The fourth-order valence-electron chi connectivity index (χ4n) is 5.11. The minimum absolute atomic E-state index is 0.0116. The minimum atomic E-state index is -4.64. The first kappa shape index (κ1) is 24.5. The molecule has 2 aromatic carbocycles. The molecular weight excluding hydrogens is 464 g/mol. The number of carbonyl (C=O) groups is 2. The van der Waals surface area contributed by atoms with Crippen LogP contribution in [0.1, 0.15) is 36.0 Å². The first-order valence-electron chi connectivity index (χ1n) is 11.2. The SMILES string of the molecule is N#Cc1ccc(N2CCC3(CC2)CC(C(N)=O)N(C(=O)Cc2ccc(F)cc2)C3)cc1C(F)(F)F. The Morgan fingerprint density at radius 3 is 2.34 bits per heavy atom. The summed E-state index contributed by atoms with van der Waals surface area (Å²) in [6.45, 7) is 1.21. The molecule has 4 rings (SSSR count). The van der Waals surface area contributed by atoms with Crippen molar-refractivity contribution in [1.29, 1.82) is 5.26 Å². The molecule has 0 aromatic heterocycles. The Morgan fingerprint density at radius 2 is 1.77 bits per heavy atom. The largest absolute Gasteiger partial charge is 0.417 e. The van der Waals surface area contributed by atoms with Gasteiger partial charge in [0.1, 0.15) is 11.9 Å². The van der Waals surface area contributed by atoms with Crippen LogP contribution in [0.3, 0.4) is 0 Å². The summed E-state index contributed by atoms with van der Waals surface area (Å²) in [7, 11) is 0. The van der Waals surface area contributed by atoms with E-state index in [4.69, 9.17) is 11.0 Å². The van der Waals surface area contributed by atoms with Gasteiger partial charge in [0.25, 0.3) is 0 Å². The highest BCUT2D eigenvalue weighted by Crippen LogP contribution is 2.45. The third-order valence-corrected chi connectivity index (χ3v) is 7.04. The molecule has 1 atom stereocenters. The van der Waals surface area contributed by atoms with Crippen molar-refractivity contribution in [2.45, 2.75) is 37.9 Å². The fraction of sp³-hybridized carbons (Fsp3) is 0.400. The van der Waals surface area contributed by atoms with Gasteiger partial charge in [0.15, 0.2) is 0 Å². The van der Waals surface area contributed by atoms with Gasteiger partial charge in [-0.25, -0.2) is 4.39 Å². The number of anilines is 1. The average molecular weight is 488 g/mol. The van der Waals surface area contributed by atoms with Gasteiger partial charge in [-0.2, -0.15) is 18.4 Å². The monoisotopic (exact) mass is 488 g/mol. The van der Waals surface area contributed by atoms with E-state index < -0.39 is 35.1 Å². The van der Waals surface area contributed by atoms with Gasteiger partial charge < -0.3 is 15.5 Å². The predicted molar refractivity (Wildman–Crippen MR) is 119 cm³/mol. The number of nitrogens with zero attached hydrogens (tertiary/aromatic N) is 3. The number of nitriles is 1. The minimum Gasteiger partial charge on any atom is -0.371 e. The van der Waals surface area contributed by atoms with E-state index in [0.717, 1.165) is 6.07 Å². The molecule has 2 N–H and O–H groups in total. The average Bonchev–Trinajstić information content (AvgIpc) is 3.20. The van der Waals surface area contributed by atoms with Crippen LogP contribution in [0.15, 0.2) is 42.5 Å². The zero-order valence-electron chi connectivity index (χ0n) is 18.8. The van der Waals surface area contributed by atoms with Crippen LogP contribution in [0.5, 0.6) is 0 Å². The maximum atomic E-state index is 13.4. The van der Waals surface area contributed by atoms with Crippen molar-refractivity contribution in [2.75, 3.05) is 24.5 Å². The molecule has 1 unspecified atom stereocenters. The number of piperidine rings is 1. The first-order valence-corrected chi connectivity index (χ1v) is 11.2. The summed E-state index contributed by atoms with van der Waals surface area (Å²) >= 11 is 0. The molecule has 2 aliphatic heterocycles. The van der Waals surface area contributed by atoms with Gasteiger partial charge in [-0.3, -0.25) is 9.59 Å². The van der Waals surface area contributed by atoms with Gasteiger partial charge in [0.2, 0.25) is 11.8 Å². The van der Waals surface area contributed by atoms with Gasteiger partial charge in [-0.1, -0.05) is 12.1 Å². The van der Waals surface area contributed by atoms with Crippen LogP contribution in [0.4, 0.5) is 23.2 Å². The third-order valence-electron chi connectivity index (χ3n) is 7.04. The van der Waals surface area contributed by atoms with E-state index in [1.807, 2.05) is 4.90 Å². The summed E-state index contributed by atoms with van der Waals surface area (Å²) < 4.78 is 53.3. The lowest BCUT2D eigenvalue weighted by Gasteiger charge is -2.40. The molecule has 2 fully saturated rings. The van der Waals surface area contributed by atoms with Gasteiger partial charge in [-0.15, -0.1) is 0 Å². The first-order chi connectivity index (χ1) is 16.5. The molecular formula is C25H24F4N4O2. The van der Waals surface area contributed by atoms with Crippen LogP contribution >= 0.6 is 0 Å². The molecule has 184 valence electrons. The number of carbonyl (C=O) groups excluding carboxylic acids is 2. The molecule has 0 radical (unpaired) electrons. The normalized spacial score (nSPS) is 19.6. The summed E-state index contributed by atoms with van der Waals surface area (Å²) in [4.78, 5) is 28.5. The third kappa shape index (κ3) is 5.09. The highest BCUT2D eigenvalue weighted by Gasteiger charge is 2.49. The molecule has 0 bridgehead atoms. The Kier molecular flexibility index (Phi) is 6.45. The molecule has 2 heterocycles. The quantitative estimate of drug-likeness (QED) is 0.666. The van der Waals surface area contributed by atoms with Crippen molar-refractivity contribution in [2.24, 2.45) is 11.1 Å². The summed E-state index contributed by atoms with van der Waals surface area (Å²) in [5, 5.41) is 9.02. The van der Waals surface area contributed by atoms with Crippen molar-refractivity contribution >= 4 is 17.5 Å².